The minimum Gasteiger partial charge on any atom is -0.305 e. The highest BCUT2D eigenvalue weighted by Gasteiger charge is 2.17. The fourth-order valence-electron chi connectivity index (χ4n) is 2.00. The average molecular weight is 348 g/mol. The number of carbonyl (C=O) groups excluding carboxylic acids is 1. The highest BCUT2D eigenvalue weighted by molar-refractivity contribution is 7.99. The summed E-state index contributed by atoms with van der Waals surface area (Å²) in [6, 6.07) is 3.87. The van der Waals surface area contributed by atoms with E-state index < -0.39 is 0 Å². The van der Waals surface area contributed by atoms with Crippen LogP contribution in [0.4, 0.5) is 5.00 Å². The van der Waals surface area contributed by atoms with E-state index in [1.54, 1.807) is 29.1 Å². The molecule has 1 amide bonds. The van der Waals surface area contributed by atoms with Crippen molar-refractivity contribution >= 4 is 34.0 Å². The molecule has 0 saturated heterocycles. The van der Waals surface area contributed by atoms with Crippen molar-refractivity contribution in [3.63, 3.8) is 0 Å². The van der Waals surface area contributed by atoms with E-state index >= 15 is 0 Å². The van der Waals surface area contributed by atoms with Crippen molar-refractivity contribution < 1.29 is 4.79 Å². The van der Waals surface area contributed by atoms with Gasteiger partial charge in [0.15, 0.2) is 0 Å². The standard InChI is InChI=1S/C17H21N3OS2/c1-4-5-10-22-11-8-15(21)20(3)17-13(2)19-16(23-17)14-7-6-9-18-12-14/h4-7,9,12H,8,10-11H2,1-3H3/b5-4+. The molecule has 0 aliphatic rings. The van der Waals surface area contributed by atoms with Crippen molar-refractivity contribution in [2.24, 2.45) is 0 Å². The number of thioether (sulfide) groups is 1. The first-order valence-corrected chi connectivity index (χ1v) is 9.44. The van der Waals surface area contributed by atoms with Gasteiger partial charge in [-0.2, -0.15) is 11.8 Å². The van der Waals surface area contributed by atoms with Crippen LogP contribution in [0.25, 0.3) is 10.6 Å². The Kier molecular flexibility index (Phi) is 6.80. The van der Waals surface area contributed by atoms with Gasteiger partial charge in [-0.15, -0.1) is 0 Å². The Morgan fingerprint density at radius 3 is 3.00 bits per heavy atom. The highest BCUT2D eigenvalue weighted by Crippen LogP contribution is 2.33. The number of thiazole rings is 1. The van der Waals surface area contributed by atoms with E-state index in [1.165, 1.54) is 11.3 Å². The third-order valence-corrected chi connectivity index (χ3v) is 5.47. The number of aromatic nitrogens is 2. The van der Waals surface area contributed by atoms with Crippen molar-refractivity contribution in [2.75, 3.05) is 23.5 Å². The molecule has 6 heteroatoms. The quantitative estimate of drug-likeness (QED) is 0.557. The second kappa shape index (κ2) is 8.84. The fraction of sp³-hybridized carbons (Fsp3) is 0.353. The molecule has 0 bridgehead atoms. The van der Waals surface area contributed by atoms with Gasteiger partial charge in [-0.05, 0) is 26.0 Å². The van der Waals surface area contributed by atoms with Crippen LogP contribution >= 0.6 is 23.1 Å². The smallest absolute Gasteiger partial charge is 0.228 e. The van der Waals surface area contributed by atoms with Crippen LogP contribution in [0.5, 0.6) is 0 Å². The van der Waals surface area contributed by atoms with Gasteiger partial charge < -0.3 is 4.90 Å². The predicted molar refractivity (Wildman–Crippen MR) is 100 cm³/mol. The summed E-state index contributed by atoms with van der Waals surface area (Å²) in [5, 5.41) is 1.81. The summed E-state index contributed by atoms with van der Waals surface area (Å²) in [7, 11) is 1.83. The van der Waals surface area contributed by atoms with Gasteiger partial charge >= 0.3 is 0 Å². The fourth-order valence-corrected chi connectivity index (χ4v) is 3.85. The van der Waals surface area contributed by atoms with Crippen LogP contribution in [0.2, 0.25) is 0 Å². The summed E-state index contributed by atoms with van der Waals surface area (Å²) >= 11 is 3.30. The van der Waals surface area contributed by atoms with Crippen LogP contribution in [0.15, 0.2) is 36.7 Å². The van der Waals surface area contributed by atoms with Crippen molar-refractivity contribution in [2.45, 2.75) is 20.3 Å². The summed E-state index contributed by atoms with van der Waals surface area (Å²) < 4.78 is 0. The van der Waals surface area contributed by atoms with E-state index in [2.05, 4.69) is 16.0 Å². The van der Waals surface area contributed by atoms with E-state index in [9.17, 15) is 4.79 Å². The third kappa shape index (κ3) is 4.91. The molecule has 0 atom stereocenters. The molecule has 4 nitrogen and oxygen atoms in total. The monoisotopic (exact) mass is 347 g/mol. The SMILES string of the molecule is C/C=C/CSCCC(=O)N(C)c1sc(-c2cccnc2)nc1C. The summed E-state index contributed by atoms with van der Waals surface area (Å²) in [5.41, 5.74) is 1.86. The van der Waals surface area contributed by atoms with Crippen molar-refractivity contribution in [1.29, 1.82) is 0 Å². The van der Waals surface area contributed by atoms with Gasteiger partial charge in [0.25, 0.3) is 0 Å². The number of allylic oxidation sites excluding steroid dienone is 1. The number of anilines is 1. The normalized spacial score (nSPS) is 11.1. The predicted octanol–water partition coefficient (Wildman–Crippen LogP) is 4.18. The average Bonchev–Trinajstić information content (AvgIpc) is 2.96. The molecule has 2 rings (SSSR count). The molecule has 2 heterocycles. The largest absolute Gasteiger partial charge is 0.305 e. The van der Waals surface area contributed by atoms with Crippen LogP contribution < -0.4 is 4.90 Å². The van der Waals surface area contributed by atoms with Crippen molar-refractivity contribution in [3.8, 4) is 10.6 Å². The molecule has 0 aliphatic heterocycles. The van der Waals surface area contributed by atoms with Gasteiger partial charge in [0.2, 0.25) is 5.91 Å². The molecule has 0 saturated carbocycles. The van der Waals surface area contributed by atoms with Crippen molar-refractivity contribution in [3.05, 3.63) is 42.4 Å². The van der Waals surface area contributed by atoms with Gasteiger partial charge in [0.05, 0.1) is 5.69 Å². The molecule has 2 aromatic rings. The molecule has 23 heavy (non-hydrogen) atoms. The third-order valence-electron chi connectivity index (χ3n) is 3.27. The van der Waals surface area contributed by atoms with E-state index in [1.807, 2.05) is 39.1 Å². The Labute approximate surface area is 145 Å². The topological polar surface area (TPSA) is 46.1 Å². The summed E-state index contributed by atoms with van der Waals surface area (Å²) in [5.74, 6) is 1.92. The van der Waals surface area contributed by atoms with E-state index in [-0.39, 0.29) is 5.91 Å². The summed E-state index contributed by atoms with van der Waals surface area (Å²) in [6.45, 7) is 3.95. The molecular weight excluding hydrogens is 326 g/mol. The zero-order valence-electron chi connectivity index (χ0n) is 13.7. The van der Waals surface area contributed by atoms with E-state index in [0.717, 1.165) is 32.8 Å². The van der Waals surface area contributed by atoms with Crippen molar-refractivity contribution in [1.82, 2.24) is 9.97 Å². The molecule has 0 radical (unpaired) electrons. The van der Waals surface area contributed by atoms with Gasteiger partial charge in [-0.3, -0.25) is 9.78 Å². The minimum atomic E-state index is 0.127. The Hall–Kier alpha value is -1.66. The van der Waals surface area contributed by atoms with Gasteiger partial charge in [-0.25, -0.2) is 4.98 Å². The summed E-state index contributed by atoms with van der Waals surface area (Å²) in [4.78, 5) is 22.8. The molecule has 0 N–H and O–H groups in total. The molecule has 0 spiro atoms. The number of aryl methyl sites for hydroxylation is 1. The van der Waals surface area contributed by atoms with Crippen LogP contribution in [0.1, 0.15) is 19.0 Å². The second-order valence-electron chi connectivity index (χ2n) is 5.00. The Morgan fingerprint density at radius 1 is 1.48 bits per heavy atom. The molecule has 2 aromatic heterocycles. The number of hydrogen-bond acceptors (Lipinski definition) is 5. The lowest BCUT2D eigenvalue weighted by atomic mass is 10.3. The number of hydrogen-bond donors (Lipinski definition) is 0. The molecule has 0 aliphatic carbocycles. The Bertz CT molecular complexity index is 668. The van der Waals surface area contributed by atoms with Gasteiger partial charge in [-0.1, -0.05) is 23.5 Å². The number of carbonyl (C=O) groups is 1. The molecule has 122 valence electrons. The first-order chi connectivity index (χ1) is 11.1. The van der Waals surface area contributed by atoms with Gasteiger partial charge in [0, 0.05) is 42.9 Å². The van der Waals surface area contributed by atoms with Crippen LogP contribution in [0.3, 0.4) is 0 Å². The minimum absolute atomic E-state index is 0.127. The first kappa shape index (κ1) is 17.7. The lowest BCUT2D eigenvalue weighted by Gasteiger charge is -2.15. The molecular formula is C17H21N3OS2. The zero-order valence-corrected chi connectivity index (χ0v) is 15.3. The van der Waals surface area contributed by atoms with Gasteiger partial charge in [0.1, 0.15) is 10.0 Å². The Morgan fingerprint density at radius 2 is 2.30 bits per heavy atom. The van der Waals surface area contributed by atoms with E-state index in [4.69, 9.17) is 0 Å². The zero-order chi connectivity index (χ0) is 16.7. The molecule has 0 aromatic carbocycles. The van der Waals surface area contributed by atoms with E-state index in [0.29, 0.717) is 6.42 Å². The van der Waals surface area contributed by atoms with Crippen LogP contribution in [0, 0.1) is 6.92 Å². The number of pyridine rings is 1. The maximum atomic E-state index is 12.3. The Balaban J connectivity index is 2.00. The number of nitrogens with zero attached hydrogens (tertiary/aromatic N) is 3. The number of amides is 1. The molecule has 0 fully saturated rings. The maximum absolute atomic E-state index is 12.3. The van der Waals surface area contributed by atoms with Crippen LogP contribution in [-0.4, -0.2) is 34.4 Å². The lowest BCUT2D eigenvalue weighted by molar-refractivity contribution is -0.117. The highest BCUT2D eigenvalue weighted by atomic mass is 32.2. The maximum Gasteiger partial charge on any atom is 0.228 e. The second-order valence-corrected chi connectivity index (χ2v) is 7.13. The summed E-state index contributed by atoms with van der Waals surface area (Å²) in [6.07, 6.45) is 8.21. The molecule has 0 unspecified atom stereocenters. The number of rotatable bonds is 7. The van der Waals surface area contributed by atoms with Crippen LogP contribution in [-0.2, 0) is 4.79 Å². The first-order valence-electron chi connectivity index (χ1n) is 7.46. The lowest BCUT2D eigenvalue weighted by Crippen LogP contribution is -2.26.